The van der Waals surface area contributed by atoms with Crippen molar-refractivity contribution < 1.29 is 0 Å². The van der Waals surface area contributed by atoms with Gasteiger partial charge in [0.05, 0.1) is 0 Å². The Hall–Kier alpha value is -1.87. The van der Waals surface area contributed by atoms with Crippen LogP contribution in [0.1, 0.15) is 37.8 Å². The highest BCUT2D eigenvalue weighted by molar-refractivity contribution is 7.80. The standard InChI is InChI=1S/C19H22N2S/c1-13(2)15-8-6-9-17(12-15)20-19(22)21-14(3)11-16-7-4-5-10-18(16)21/h4-10,12-14H,11H2,1-3H3,(H,20,22)/t14-/m0/s1. The first-order valence-electron chi connectivity index (χ1n) is 7.84. The van der Waals surface area contributed by atoms with Gasteiger partial charge in [-0.25, -0.2) is 0 Å². The summed E-state index contributed by atoms with van der Waals surface area (Å²) in [5.74, 6) is 0.516. The van der Waals surface area contributed by atoms with Crippen LogP contribution in [-0.2, 0) is 6.42 Å². The number of hydrogen-bond donors (Lipinski definition) is 1. The van der Waals surface area contributed by atoms with Crippen LogP contribution in [0.2, 0.25) is 0 Å². The highest BCUT2D eigenvalue weighted by Gasteiger charge is 2.28. The molecule has 2 aromatic carbocycles. The molecule has 1 aliphatic heterocycles. The lowest BCUT2D eigenvalue weighted by atomic mass is 10.0. The molecular weight excluding hydrogens is 288 g/mol. The van der Waals surface area contributed by atoms with E-state index in [0.29, 0.717) is 12.0 Å². The Morgan fingerprint density at radius 2 is 1.95 bits per heavy atom. The van der Waals surface area contributed by atoms with Gasteiger partial charge in [-0.3, -0.25) is 0 Å². The summed E-state index contributed by atoms with van der Waals surface area (Å²) in [6.07, 6.45) is 1.05. The Bertz CT molecular complexity index is 693. The van der Waals surface area contributed by atoms with Gasteiger partial charge in [0.25, 0.3) is 0 Å². The molecule has 22 heavy (non-hydrogen) atoms. The molecule has 0 unspecified atom stereocenters. The van der Waals surface area contributed by atoms with Crippen molar-refractivity contribution in [2.24, 2.45) is 0 Å². The number of nitrogens with zero attached hydrogens (tertiary/aromatic N) is 1. The van der Waals surface area contributed by atoms with Crippen LogP contribution in [0, 0.1) is 0 Å². The largest absolute Gasteiger partial charge is 0.332 e. The lowest BCUT2D eigenvalue weighted by Gasteiger charge is -2.26. The predicted octanol–water partition coefficient (Wildman–Crippen LogP) is 4.96. The van der Waals surface area contributed by atoms with Crippen LogP contribution >= 0.6 is 12.2 Å². The smallest absolute Gasteiger partial charge is 0.178 e. The molecule has 0 saturated heterocycles. The normalized spacial score (nSPS) is 16.7. The molecule has 3 heteroatoms. The third-order valence-corrected chi connectivity index (χ3v) is 4.53. The minimum atomic E-state index is 0.394. The summed E-state index contributed by atoms with van der Waals surface area (Å²) in [7, 11) is 0. The van der Waals surface area contributed by atoms with Crippen molar-refractivity contribution in [3.05, 3.63) is 59.7 Å². The fourth-order valence-electron chi connectivity index (χ4n) is 3.03. The highest BCUT2D eigenvalue weighted by atomic mass is 32.1. The second kappa shape index (κ2) is 6.09. The maximum absolute atomic E-state index is 5.67. The van der Waals surface area contributed by atoms with Crippen molar-refractivity contribution >= 4 is 28.7 Å². The summed E-state index contributed by atoms with van der Waals surface area (Å²) in [5.41, 5.74) is 4.98. The molecule has 2 aromatic rings. The first kappa shape index (κ1) is 15.0. The predicted molar refractivity (Wildman–Crippen MR) is 98.8 cm³/mol. The molecule has 114 valence electrons. The zero-order chi connectivity index (χ0) is 15.7. The summed E-state index contributed by atoms with van der Waals surface area (Å²) in [6, 6.07) is 17.4. The molecule has 0 spiro atoms. The van der Waals surface area contributed by atoms with Crippen molar-refractivity contribution in [2.45, 2.75) is 39.2 Å². The highest BCUT2D eigenvalue weighted by Crippen LogP contribution is 2.32. The van der Waals surface area contributed by atoms with E-state index in [1.807, 2.05) is 0 Å². The third-order valence-electron chi connectivity index (χ3n) is 4.23. The summed E-state index contributed by atoms with van der Waals surface area (Å²) in [4.78, 5) is 2.23. The Balaban J connectivity index is 1.82. The van der Waals surface area contributed by atoms with E-state index in [0.717, 1.165) is 17.2 Å². The number of thiocarbonyl (C=S) groups is 1. The van der Waals surface area contributed by atoms with Gasteiger partial charge >= 0.3 is 0 Å². The van der Waals surface area contributed by atoms with Crippen molar-refractivity contribution in [1.82, 2.24) is 0 Å². The van der Waals surface area contributed by atoms with Crippen LogP contribution in [-0.4, -0.2) is 11.2 Å². The molecule has 1 N–H and O–H groups in total. The lowest BCUT2D eigenvalue weighted by Crippen LogP contribution is -2.38. The van der Waals surface area contributed by atoms with Crippen LogP contribution in [0.4, 0.5) is 11.4 Å². The molecule has 0 fully saturated rings. The number of rotatable bonds is 2. The van der Waals surface area contributed by atoms with Crippen molar-refractivity contribution in [1.29, 1.82) is 0 Å². The van der Waals surface area contributed by atoms with E-state index in [2.05, 4.69) is 79.5 Å². The van der Waals surface area contributed by atoms with Gasteiger partial charge in [0.15, 0.2) is 5.11 Å². The lowest BCUT2D eigenvalue weighted by molar-refractivity contribution is 0.776. The molecule has 2 nitrogen and oxygen atoms in total. The van der Waals surface area contributed by atoms with Gasteiger partial charge in [-0.2, -0.15) is 0 Å². The molecule has 0 saturated carbocycles. The van der Waals surface area contributed by atoms with E-state index >= 15 is 0 Å². The minimum Gasteiger partial charge on any atom is -0.332 e. The molecule has 1 atom stereocenters. The number of hydrogen-bond acceptors (Lipinski definition) is 1. The first-order chi connectivity index (χ1) is 10.6. The van der Waals surface area contributed by atoms with E-state index in [1.165, 1.54) is 16.8 Å². The average molecular weight is 310 g/mol. The average Bonchev–Trinajstić information content (AvgIpc) is 2.83. The number of fused-ring (bicyclic) bond motifs is 1. The molecular formula is C19H22N2S. The van der Waals surface area contributed by atoms with Gasteiger partial charge in [-0.15, -0.1) is 0 Å². The molecule has 0 bridgehead atoms. The molecule has 0 radical (unpaired) electrons. The zero-order valence-corrected chi connectivity index (χ0v) is 14.2. The number of para-hydroxylation sites is 1. The fourth-order valence-corrected chi connectivity index (χ4v) is 3.43. The van der Waals surface area contributed by atoms with Gasteiger partial charge in [-0.1, -0.05) is 44.2 Å². The van der Waals surface area contributed by atoms with Gasteiger partial charge < -0.3 is 10.2 Å². The van der Waals surface area contributed by atoms with Gasteiger partial charge in [0.1, 0.15) is 0 Å². The van der Waals surface area contributed by atoms with Gasteiger partial charge in [0, 0.05) is 17.4 Å². The van der Waals surface area contributed by atoms with Crippen molar-refractivity contribution in [2.75, 3.05) is 10.2 Å². The van der Waals surface area contributed by atoms with Crippen LogP contribution in [0.15, 0.2) is 48.5 Å². The fraction of sp³-hybridized carbons (Fsp3) is 0.316. The molecule has 3 rings (SSSR count). The monoisotopic (exact) mass is 310 g/mol. The molecule has 0 aliphatic carbocycles. The Labute approximate surface area is 138 Å². The first-order valence-corrected chi connectivity index (χ1v) is 8.25. The summed E-state index contributed by atoms with van der Waals surface area (Å²) < 4.78 is 0. The maximum Gasteiger partial charge on any atom is 0.178 e. The summed E-state index contributed by atoms with van der Waals surface area (Å²) >= 11 is 5.67. The van der Waals surface area contributed by atoms with E-state index < -0.39 is 0 Å². The Kier molecular flexibility index (Phi) is 4.16. The summed E-state index contributed by atoms with van der Waals surface area (Å²) in [6.45, 7) is 6.63. The second-order valence-corrected chi connectivity index (χ2v) is 6.65. The number of nitrogens with one attached hydrogen (secondary N) is 1. The maximum atomic E-state index is 5.67. The molecule has 0 aromatic heterocycles. The number of benzene rings is 2. The van der Waals surface area contributed by atoms with Crippen LogP contribution < -0.4 is 10.2 Å². The van der Waals surface area contributed by atoms with E-state index in [-0.39, 0.29) is 0 Å². The van der Waals surface area contributed by atoms with E-state index in [1.54, 1.807) is 0 Å². The minimum absolute atomic E-state index is 0.394. The van der Waals surface area contributed by atoms with Gasteiger partial charge in [0.2, 0.25) is 0 Å². The van der Waals surface area contributed by atoms with Gasteiger partial charge in [-0.05, 0) is 60.8 Å². The molecule has 1 heterocycles. The van der Waals surface area contributed by atoms with Crippen LogP contribution in [0.25, 0.3) is 0 Å². The Morgan fingerprint density at radius 1 is 1.18 bits per heavy atom. The molecule has 0 amide bonds. The van der Waals surface area contributed by atoms with Crippen molar-refractivity contribution in [3.8, 4) is 0 Å². The van der Waals surface area contributed by atoms with Crippen LogP contribution in [0.5, 0.6) is 0 Å². The van der Waals surface area contributed by atoms with Crippen LogP contribution in [0.3, 0.4) is 0 Å². The van der Waals surface area contributed by atoms with E-state index in [9.17, 15) is 0 Å². The topological polar surface area (TPSA) is 15.3 Å². The quantitative estimate of drug-likeness (QED) is 0.789. The third kappa shape index (κ3) is 2.86. The zero-order valence-electron chi connectivity index (χ0n) is 13.3. The second-order valence-electron chi connectivity index (χ2n) is 6.26. The Morgan fingerprint density at radius 3 is 2.73 bits per heavy atom. The van der Waals surface area contributed by atoms with Crippen molar-refractivity contribution in [3.63, 3.8) is 0 Å². The van der Waals surface area contributed by atoms with E-state index in [4.69, 9.17) is 12.2 Å². The number of anilines is 2. The summed E-state index contributed by atoms with van der Waals surface area (Å²) in [5, 5.41) is 4.18. The SMILES string of the molecule is CC(C)c1cccc(NC(=S)N2c3ccccc3C[C@@H]2C)c1. The molecule has 1 aliphatic rings.